The van der Waals surface area contributed by atoms with Gasteiger partial charge in [-0.05, 0) is 36.5 Å². The van der Waals surface area contributed by atoms with Crippen LogP contribution in [0.2, 0.25) is 0 Å². The van der Waals surface area contributed by atoms with Gasteiger partial charge in [-0.1, -0.05) is 67.1 Å². The van der Waals surface area contributed by atoms with Crippen LogP contribution in [-0.2, 0) is 4.79 Å². The van der Waals surface area contributed by atoms with E-state index < -0.39 is 0 Å². The molecule has 1 aliphatic carbocycles. The fourth-order valence-corrected chi connectivity index (χ4v) is 5.07. The number of Topliss-reactive ketones (excluding diaryl/α,β-unsaturated/α-hetero) is 1. The number of anilines is 2. The van der Waals surface area contributed by atoms with E-state index in [4.69, 9.17) is 0 Å². The molecule has 3 atom stereocenters. The lowest BCUT2D eigenvalue weighted by molar-refractivity contribution is -0.130. The molecule has 0 radical (unpaired) electrons. The van der Waals surface area contributed by atoms with Crippen LogP contribution in [0.25, 0.3) is 0 Å². The highest BCUT2D eigenvalue weighted by atomic mass is 16.2. The Balaban J connectivity index is 1.55. The van der Waals surface area contributed by atoms with Crippen LogP contribution in [0.5, 0.6) is 0 Å². The Morgan fingerprint density at radius 2 is 1.84 bits per heavy atom. The Hall–Kier alpha value is -3.48. The van der Waals surface area contributed by atoms with Crippen molar-refractivity contribution in [2.75, 3.05) is 10.6 Å². The maximum absolute atomic E-state index is 13.3. The van der Waals surface area contributed by atoms with Gasteiger partial charge in [-0.25, -0.2) is 4.68 Å². The van der Waals surface area contributed by atoms with E-state index in [1.54, 1.807) is 4.68 Å². The number of aromatic nitrogens is 3. The van der Waals surface area contributed by atoms with E-state index in [1.165, 1.54) is 0 Å². The van der Waals surface area contributed by atoms with Crippen molar-refractivity contribution in [2.45, 2.75) is 45.7 Å². The molecule has 7 heteroatoms. The largest absolute Gasteiger partial charge is 0.365 e. The van der Waals surface area contributed by atoms with Crippen LogP contribution in [0.1, 0.15) is 54.3 Å². The topological polar surface area (TPSA) is 88.9 Å². The average molecular weight is 430 g/mol. The lowest BCUT2D eigenvalue weighted by Gasteiger charge is -2.46. The van der Waals surface area contributed by atoms with Crippen molar-refractivity contribution in [2.24, 2.45) is 11.3 Å². The Morgan fingerprint density at radius 3 is 2.56 bits per heavy atom. The molecule has 5 rings (SSSR count). The number of nitrogens with zero attached hydrogens (tertiary/aromatic N) is 3. The molecule has 2 aliphatic rings. The van der Waals surface area contributed by atoms with E-state index >= 15 is 0 Å². The number of fused-ring (bicyclic) bond motifs is 2. The van der Waals surface area contributed by atoms with Crippen LogP contribution in [0.15, 0.2) is 54.6 Å². The summed E-state index contributed by atoms with van der Waals surface area (Å²) < 4.78 is 1.72. The molecule has 1 amide bonds. The van der Waals surface area contributed by atoms with Crippen molar-refractivity contribution in [1.82, 2.24) is 15.0 Å². The normalized spacial score (nSPS) is 23.6. The van der Waals surface area contributed by atoms with Gasteiger partial charge in [-0.2, -0.15) is 0 Å². The lowest BCUT2D eigenvalue weighted by atomic mass is 9.66. The number of aryl methyl sites for hydroxylation is 1. The molecule has 32 heavy (non-hydrogen) atoms. The molecule has 1 aromatic heterocycles. The van der Waals surface area contributed by atoms with E-state index in [1.807, 2.05) is 61.5 Å². The second-order valence-corrected chi connectivity index (χ2v) is 9.69. The van der Waals surface area contributed by atoms with Gasteiger partial charge in [0.2, 0.25) is 0 Å². The van der Waals surface area contributed by atoms with Gasteiger partial charge in [0.05, 0.1) is 12.0 Å². The van der Waals surface area contributed by atoms with Gasteiger partial charge in [0, 0.05) is 18.2 Å². The summed E-state index contributed by atoms with van der Waals surface area (Å²) in [6.45, 7) is 6.24. The molecular formula is C25H27N5O2. The van der Waals surface area contributed by atoms with Crippen LogP contribution < -0.4 is 10.6 Å². The van der Waals surface area contributed by atoms with Crippen molar-refractivity contribution in [3.8, 4) is 0 Å². The number of rotatable bonds is 3. The van der Waals surface area contributed by atoms with Crippen molar-refractivity contribution in [1.29, 1.82) is 0 Å². The van der Waals surface area contributed by atoms with E-state index in [9.17, 15) is 9.59 Å². The second kappa shape index (κ2) is 7.58. The van der Waals surface area contributed by atoms with Gasteiger partial charge in [-0.3, -0.25) is 9.59 Å². The summed E-state index contributed by atoms with van der Waals surface area (Å²) in [4.78, 5) is 26.4. The van der Waals surface area contributed by atoms with Crippen LogP contribution in [0.3, 0.4) is 0 Å². The number of nitrogens with one attached hydrogen (secondary N) is 2. The van der Waals surface area contributed by atoms with Crippen molar-refractivity contribution >= 4 is 23.2 Å². The third-order valence-electron chi connectivity index (χ3n) is 6.52. The Labute approximate surface area is 187 Å². The molecule has 164 valence electrons. The third-order valence-corrected chi connectivity index (χ3v) is 6.52. The van der Waals surface area contributed by atoms with Crippen LogP contribution >= 0.6 is 0 Å². The van der Waals surface area contributed by atoms with E-state index in [2.05, 4.69) is 34.8 Å². The fraction of sp³-hybridized carbons (Fsp3) is 0.360. The molecule has 0 spiro atoms. The Bertz CT molecular complexity index is 1170. The van der Waals surface area contributed by atoms with Crippen LogP contribution in [0, 0.1) is 18.3 Å². The molecule has 2 N–H and O–H groups in total. The van der Waals surface area contributed by atoms with Gasteiger partial charge in [0.25, 0.3) is 5.91 Å². The molecule has 2 heterocycles. The standard InChI is InChI=1S/C25H27N5O2/c1-15-9-11-17(12-10-15)26-24(32)21-23-27-18-13-25(2,3)14-19(31)20(18)22(30(23)29-28-21)16-7-5-4-6-8-16/h4-12,18,20,22,27H,13-14H2,1-3H3,(H,26,32). The van der Waals surface area contributed by atoms with Gasteiger partial charge in [-0.15, -0.1) is 5.10 Å². The molecule has 1 saturated carbocycles. The second-order valence-electron chi connectivity index (χ2n) is 9.69. The first-order valence-corrected chi connectivity index (χ1v) is 11.0. The first kappa shape index (κ1) is 20.4. The van der Waals surface area contributed by atoms with E-state index in [-0.39, 0.29) is 40.8 Å². The van der Waals surface area contributed by atoms with E-state index in [0.717, 1.165) is 17.5 Å². The SMILES string of the molecule is Cc1ccc(NC(=O)c2nnn3c2NC2CC(C)(C)CC(=O)C2C3c2ccccc2)cc1. The summed E-state index contributed by atoms with van der Waals surface area (Å²) in [5, 5.41) is 15.0. The van der Waals surface area contributed by atoms with Crippen LogP contribution in [-0.4, -0.2) is 32.7 Å². The molecular weight excluding hydrogens is 402 g/mol. The molecule has 3 aromatic rings. The number of benzene rings is 2. The molecule has 0 saturated heterocycles. The third kappa shape index (κ3) is 3.57. The average Bonchev–Trinajstić information content (AvgIpc) is 3.17. The Kier molecular flexibility index (Phi) is 4.84. The maximum atomic E-state index is 13.3. The smallest absolute Gasteiger partial charge is 0.280 e. The zero-order valence-electron chi connectivity index (χ0n) is 18.5. The fourth-order valence-electron chi connectivity index (χ4n) is 5.07. The molecule has 7 nitrogen and oxygen atoms in total. The minimum atomic E-state index is -0.325. The molecule has 3 unspecified atom stereocenters. The highest BCUT2D eigenvalue weighted by Gasteiger charge is 2.49. The maximum Gasteiger partial charge on any atom is 0.280 e. The quantitative estimate of drug-likeness (QED) is 0.651. The number of carbonyl (C=O) groups excluding carboxylic acids is 2. The van der Waals surface area contributed by atoms with Gasteiger partial charge >= 0.3 is 0 Å². The summed E-state index contributed by atoms with van der Waals surface area (Å²) in [6, 6.07) is 17.1. The number of amides is 1. The summed E-state index contributed by atoms with van der Waals surface area (Å²) in [7, 11) is 0. The minimum Gasteiger partial charge on any atom is -0.365 e. The number of hydrogen-bond donors (Lipinski definition) is 2. The zero-order chi connectivity index (χ0) is 22.5. The molecule has 0 bridgehead atoms. The minimum absolute atomic E-state index is 0.0895. The molecule has 1 fully saturated rings. The number of carbonyl (C=O) groups is 2. The number of hydrogen-bond acceptors (Lipinski definition) is 5. The summed E-state index contributed by atoms with van der Waals surface area (Å²) in [5.41, 5.74) is 2.94. The first-order chi connectivity index (χ1) is 15.3. The van der Waals surface area contributed by atoms with Crippen LogP contribution in [0.4, 0.5) is 11.5 Å². The summed E-state index contributed by atoms with van der Waals surface area (Å²) >= 11 is 0. The van der Waals surface area contributed by atoms with Crippen molar-refractivity contribution in [3.63, 3.8) is 0 Å². The molecule has 1 aliphatic heterocycles. The monoisotopic (exact) mass is 429 g/mol. The summed E-state index contributed by atoms with van der Waals surface area (Å²) in [6.07, 6.45) is 1.36. The zero-order valence-corrected chi connectivity index (χ0v) is 18.5. The van der Waals surface area contributed by atoms with E-state index in [0.29, 0.717) is 17.9 Å². The summed E-state index contributed by atoms with van der Waals surface area (Å²) in [5.74, 6) is 0.205. The predicted molar refractivity (Wildman–Crippen MR) is 123 cm³/mol. The van der Waals surface area contributed by atoms with Crippen molar-refractivity contribution in [3.05, 3.63) is 71.4 Å². The van der Waals surface area contributed by atoms with Crippen molar-refractivity contribution < 1.29 is 9.59 Å². The predicted octanol–water partition coefficient (Wildman–Crippen LogP) is 4.23. The highest BCUT2D eigenvalue weighted by Crippen LogP contribution is 2.47. The number of ketones is 1. The molecule has 2 aromatic carbocycles. The Morgan fingerprint density at radius 1 is 1.12 bits per heavy atom. The first-order valence-electron chi connectivity index (χ1n) is 11.0. The van der Waals surface area contributed by atoms with Gasteiger partial charge in [0.1, 0.15) is 5.78 Å². The van der Waals surface area contributed by atoms with Gasteiger partial charge < -0.3 is 10.6 Å². The van der Waals surface area contributed by atoms with Gasteiger partial charge in [0.15, 0.2) is 11.5 Å². The lowest BCUT2D eigenvalue weighted by Crippen LogP contribution is -2.52. The highest BCUT2D eigenvalue weighted by molar-refractivity contribution is 6.06.